The van der Waals surface area contributed by atoms with Crippen LogP contribution in [0.1, 0.15) is 18.9 Å². The molecule has 0 radical (unpaired) electrons. The quantitative estimate of drug-likeness (QED) is 0.636. The lowest BCUT2D eigenvalue weighted by atomic mass is 10.2. The van der Waals surface area contributed by atoms with Gasteiger partial charge in [0.1, 0.15) is 5.82 Å². The molecule has 6 nitrogen and oxygen atoms in total. The van der Waals surface area contributed by atoms with Crippen molar-refractivity contribution in [3.63, 3.8) is 0 Å². The van der Waals surface area contributed by atoms with E-state index < -0.39 is 11.7 Å². The van der Waals surface area contributed by atoms with Crippen LogP contribution in [0, 0.1) is 0 Å². The summed E-state index contributed by atoms with van der Waals surface area (Å²) in [5, 5.41) is 0. The standard InChI is InChI=1S/C21H24F3N5O/c1-2-9-28-17-5-3-4-6-18(17)29(20(28)30)15-26-10-12-27(13-11-26)19-8-7-16(14-25-19)21(22,23)24/h3-8,14H,2,9-13,15H2,1H3. The lowest BCUT2D eigenvalue weighted by Crippen LogP contribution is -2.48. The molecule has 2 aromatic heterocycles. The molecule has 0 unspecified atom stereocenters. The molecule has 1 saturated heterocycles. The fourth-order valence-corrected chi connectivity index (χ4v) is 3.91. The predicted octanol–water partition coefficient (Wildman–Crippen LogP) is 3.41. The molecular formula is C21H24F3N5O. The molecule has 0 bridgehead atoms. The molecule has 3 aromatic rings. The van der Waals surface area contributed by atoms with Gasteiger partial charge in [0, 0.05) is 38.9 Å². The summed E-state index contributed by atoms with van der Waals surface area (Å²) in [4.78, 5) is 21.1. The summed E-state index contributed by atoms with van der Waals surface area (Å²) in [5.41, 5.74) is 1.11. The number of benzene rings is 1. The van der Waals surface area contributed by atoms with Gasteiger partial charge < -0.3 is 4.90 Å². The first-order valence-electron chi connectivity index (χ1n) is 10.1. The first kappa shape index (κ1) is 20.5. The fourth-order valence-electron chi connectivity index (χ4n) is 3.91. The highest BCUT2D eigenvalue weighted by Crippen LogP contribution is 2.29. The number of hydrogen-bond acceptors (Lipinski definition) is 4. The van der Waals surface area contributed by atoms with Gasteiger partial charge in [0.2, 0.25) is 0 Å². The van der Waals surface area contributed by atoms with Gasteiger partial charge in [0.05, 0.1) is 23.3 Å². The van der Waals surface area contributed by atoms with Gasteiger partial charge >= 0.3 is 11.9 Å². The zero-order chi connectivity index (χ0) is 21.3. The van der Waals surface area contributed by atoms with Crippen LogP contribution in [0.4, 0.5) is 19.0 Å². The second-order valence-electron chi connectivity index (χ2n) is 7.50. The van der Waals surface area contributed by atoms with Gasteiger partial charge in [-0.1, -0.05) is 19.1 Å². The Kier molecular flexibility index (Phi) is 5.55. The molecule has 1 fully saturated rings. The lowest BCUT2D eigenvalue weighted by molar-refractivity contribution is -0.137. The fraction of sp³-hybridized carbons (Fsp3) is 0.429. The number of anilines is 1. The topological polar surface area (TPSA) is 46.3 Å². The maximum absolute atomic E-state index is 12.9. The molecule has 0 amide bonds. The van der Waals surface area contributed by atoms with Crippen LogP contribution in [-0.4, -0.2) is 45.2 Å². The second kappa shape index (κ2) is 8.14. The Bertz CT molecular complexity index is 1060. The van der Waals surface area contributed by atoms with E-state index in [1.807, 2.05) is 40.7 Å². The number of imidazole rings is 1. The SMILES string of the molecule is CCCn1c(=O)n(CN2CCN(c3ccc(C(F)(F)F)cn3)CC2)c2ccccc21. The van der Waals surface area contributed by atoms with Crippen molar-refractivity contribution in [2.75, 3.05) is 31.1 Å². The third-order valence-corrected chi connectivity index (χ3v) is 5.49. The zero-order valence-electron chi connectivity index (χ0n) is 16.8. The molecule has 3 heterocycles. The summed E-state index contributed by atoms with van der Waals surface area (Å²) in [6.45, 7) is 5.89. The van der Waals surface area contributed by atoms with Gasteiger partial charge in [-0.15, -0.1) is 0 Å². The summed E-state index contributed by atoms with van der Waals surface area (Å²) < 4.78 is 41.8. The number of pyridine rings is 1. The van der Waals surface area contributed by atoms with Crippen LogP contribution >= 0.6 is 0 Å². The van der Waals surface area contributed by atoms with E-state index in [4.69, 9.17) is 0 Å². The van der Waals surface area contributed by atoms with Gasteiger partial charge in [0.25, 0.3) is 0 Å². The maximum Gasteiger partial charge on any atom is 0.417 e. The van der Waals surface area contributed by atoms with Gasteiger partial charge in [-0.25, -0.2) is 9.78 Å². The number of para-hydroxylation sites is 2. The summed E-state index contributed by atoms with van der Waals surface area (Å²) in [6, 6.07) is 10.3. The lowest BCUT2D eigenvalue weighted by Gasteiger charge is -2.35. The third kappa shape index (κ3) is 3.94. The first-order chi connectivity index (χ1) is 14.4. The molecule has 30 heavy (non-hydrogen) atoms. The molecule has 4 rings (SSSR count). The number of piperazine rings is 1. The van der Waals surface area contributed by atoms with Crippen LogP contribution in [0.15, 0.2) is 47.4 Å². The number of fused-ring (bicyclic) bond motifs is 1. The van der Waals surface area contributed by atoms with Crippen molar-refractivity contribution in [3.8, 4) is 0 Å². The Morgan fingerprint density at radius 1 is 0.967 bits per heavy atom. The molecule has 160 valence electrons. The van der Waals surface area contributed by atoms with Crippen molar-refractivity contribution in [2.45, 2.75) is 32.7 Å². The number of nitrogens with zero attached hydrogens (tertiary/aromatic N) is 5. The van der Waals surface area contributed by atoms with E-state index in [9.17, 15) is 18.0 Å². The van der Waals surface area contributed by atoms with E-state index >= 15 is 0 Å². The molecular weight excluding hydrogens is 395 g/mol. The summed E-state index contributed by atoms with van der Waals surface area (Å²) in [5.74, 6) is 0.541. The average molecular weight is 419 g/mol. The molecule has 0 spiro atoms. The van der Waals surface area contributed by atoms with Gasteiger partial charge in [0.15, 0.2) is 0 Å². The minimum Gasteiger partial charge on any atom is -0.354 e. The van der Waals surface area contributed by atoms with Crippen molar-refractivity contribution in [1.82, 2.24) is 19.0 Å². The molecule has 0 aliphatic carbocycles. The second-order valence-corrected chi connectivity index (χ2v) is 7.50. The first-order valence-corrected chi connectivity index (χ1v) is 10.1. The Balaban J connectivity index is 1.46. The highest BCUT2D eigenvalue weighted by Gasteiger charge is 2.31. The normalized spacial score (nSPS) is 15.8. The minimum absolute atomic E-state index is 0.00937. The zero-order valence-corrected chi connectivity index (χ0v) is 16.8. The molecule has 0 N–H and O–H groups in total. The van der Waals surface area contributed by atoms with Crippen LogP contribution in [-0.2, 0) is 19.4 Å². The van der Waals surface area contributed by atoms with Crippen molar-refractivity contribution in [3.05, 3.63) is 58.6 Å². The molecule has 0 saturated carbocycles. The number of alkyl halides is 3. The third-order valence-electron chi connectivity index (χ3n) is 5.49. The molecule has 1 aliphatic heterocycles. The van der Waals surface area contributed by atoms with Crippen molar-refractivity contribution in [1.29, 1.82) is 0 Å². The van der Waals surface area contributed by atoms with Crippen LogP contribution in [0.3, 0.4) is 0 Å². The molecule has 1 aliphatic rings. The molecule has 1 aromatic carbocycles. The van der Waals surface area contributed by atoms with Crippen LogP contribution in [0.5, 0.6) is 0 Å². The monoisotopic (exact) mass is 419 g/mol. The van der Waals surface area contributed by atoms with Gasteiger partial charge in [-0.05, 0) is 30.7 Å². The van der Waals surface area contributed by atoms with E-state index in [1.54, 1.807) is 4.57 Å². The largest absolute Gasteiger partial charge is 0.417 e. The summed E-state index contributed by atoms with van der Waals surface area (Å²) >= 11 is 0. The highest BCUT2D eigenvalue weighted by atomic mass is 19.4. The van der Waals surface area contributed by atoms with E-state index in [0.29, 0.717) is 45.2 Å². The predicted molar refractivity (Wildman–Crippen MR) is 110 cm³/mol. The Morgan fingerprint density at radius 2 is 1.63 bits per heavy atom. The number of aromatic nitrogens is 3. The average Bonchev–Trinajstić information content (AvgIpc) is 3.00. The van der Waals surface area contributed by atoms with E-state index in [2.05, 4.69) is 9.88 Å². The summed E-state index contributed by atoms with van der Waals surface area (Å²) in [6.07, 6.45) is -2.62. The summed E-state index contributed by atoms with van der Waals surface area (Å²) in [7, 11) is 0. The number of hydrogen-bond donors (Lipinski definition) is 0. The van der Waals surface area contributed by atoms with Crippen molar-refractivity contribution < 1.29 is 13.2 Å². The smallest absolute Gasteiger partial charge is 0.354 e. The Hall–Kier alpha value is -2.81. The molecule has 9 heteroatoms. The minimum atomic E-state index is -4.38. The van der Waals surface area contributed by atoms with Crippen molar-refractivity contribution in [2.24, 2.45) is 0 Å². The van der Waals surface area contributed by atoms with Crippen LogP contribution < -0.4 is 10.6 Å². The Morgan fingerprint density at radius 3 is 2.20 bits per heavy atom. The van der Waals surface area contributed by atoms with Gasteiger partial charge in [-0.3, -0.25) is 14.0 Å². The van der Waals surface area contributed by atoms with Crippen molar-refractivity contribution >= 4 is 16.9 Å². The Labute approximate surface area is 172 Å². The highest BCUT2D eigenvalue weighted by molar-refractivity contribution is 5.75. The van der Waals surface area contributed by atoms with E-state index in [1.165, 1.54) is 6.07 Å². The number of rotatable bonds is 5. The van der Waals surface area contributed by atoms with Crippen LogP contribution in [0.25, 0.3) is 11.0 Å². The molecule has 0 atom stereocenters. The van der Waals surface area contributed by atoms with Gasteiger partial charge in [-0.2, -0.15) is 13.2 Å². The van der Waals surface area contributed by atoms with E-state index in [-0.39, 0.29) is 5.69 Å². The van der Waals surface area contributed by atoms with Crippen LogP contribution in [0.2, 0.25) is 0 Å². The van der Waals surface area contributed by atoms with E-state index in [0.717, 1.165) is 29.7 Å². The number of aryl methyl sites for hydroxylation is 1. The number of halogens is 3. The maximum atomic E-state index is 12.9.